The van der Waals surface area contributed by atoms with Gasteiger partial charge in [-0.1, -0.05) is 19.0 Å². The van der Waals surface area contributed by atoms with Gasteiger partial charge in [0.2, 0.25) is 10.0 Å². The van der Waals surface area contributed by atoms with E-state index in [0.29, 0.717) is 30.2 Å². The highest BCUT2D eigenvalue weighted by Gasteiger charge is 2.21. The van der Waals surface area contributed by atoms with Crippen LogP contribution >= 0.6 is 0 Å². The lowest BCUT2D eigenvalue weighted by Crippen LogP contribution is -2.30. The fourth-order valence-electron chi connectivity index (χ4n) is 2.18. The number of nitrogens with zero attached hydrogens (tertiary/aromatic N) is 3. The predicted octanol–water partition coefficient (Wildman–Crippen LogP) is 1.70. The fraction of sp³-hybridized carbons (Fsp3) is 0.400. The molecule has 1 aromatic carbocycles. The summed E-state index contributed by atoms with van der Waals surface area (Å²) in [6.07, 6.45) is 0. The summed E-state index contributed by atoms with van der Waals surface area (Å²) in [5, 5.41) is 10.1. The predicted molar refractivity (Wildman–Crippen MR) is 88.4 cm³/mol. The molecule has 9 heteroatoms. The van der Waals surface area contributed by atoms with Crippen LogP contribution in [0.1, 0.15) is 29.9 Å². The average Bonchev–Trinajstić information content (AvgIpc) is 2.98. The second-order valence-corrected chi connectivity index (χ2v) is 7.03. The van der Waals surface area contributed by atoms with Gasteiger partial charge in [-0.15, -0.1) is 0 Å². The van der Waals surface area contributed by atoms with E-state index in [9.17, 15) is 13.2 Å². The summed E-state index contributed by atoms with van der Waals surface area (Å²) in [6, 6.07) is 5.91. The van der Waals surface area contributed by atoms with Crippen LogP contribution in [0, 0.1) is 6.92 Å². The van der Waals surface area contributed by atoms with Gasteiger partial charge in [0.15, 0.2) is 11.6 Å². The third-order valence-electron chi connectivity index (χ3n) is 3.59. The van der Waals surface area contributed by atoms with E-state index in [2.05, 4.69) is 20.3 Å². The third kappa shape index (κ3) is 3.80. The summed E-state index contributed by atoms with van der Waals surface area (Å²) in [6.45, 7) is 6.08. The summed E-state index contributed by atoms with van der Waals surface area (Å²) in [4.78, 5) is 12.3. The molecule has 0 bridgehead atoms. The number of aromatic nitrogens is 2. The molecule has 0 amide bonds. The number of anilines is 1. The molecule has 1 aromatic heterocycles. The minimum atomic E-state index is -3.52. The number of hydrogen-bond donors (Lipinski definition) is 1. The molecule has 0 aliphatic heterocycles. The first kappa shape index (κ1) is 18.1. The Morgan fingerprint density at radius 2 is 1.79 bits per heavy atom. The molecule has 0 unspecified atom stereocenters. The van der Waals surface area contributed by atoms with Crippen molar-refractivity contribution in [2.45, 2.75) is 25.7 Å². The van der Waals surface area contributed by atoms with E-state index in [4.69, 9.17) is 0 Å². The molecule has 8 nitrogen and oxygen atoms in total. The number of hydrogen-bond acceptors (Lipinski definition) is 7. The second kappa shape index (κ2) is 7.54. The molecular formula is C15H20N4O4S. The van der Waals surface area contributed by atoms with Crippen molar-refractivity contribution >= 4 is 21.6 Å². The minimum absolute atomic E-state index is 0.0111. The highest BCUT2D eigenvalue weighted by molar-refractivity contribution is 7.89. The fourth-order valence-corrected chi connectivity index (χ4v) is 3.64. The molecule has 2 rings (SSSR count). The lowest BCUT2D eigenvalue weighted by molar-refractivity contribution is 0.101. The number of carbonyl (C=O) groups is 1. The van der Waals surface area contributed by atoms with Crippen molar-refractivity contribution in [3.63, 3.8) is 0 Å². The molecule has 0 aliphatic rings. The summed E-state index contributed by atoms with van der Waals surface area (Å²) < 4.78 is 30.7. The zero-order valence-corrected chi connectivity index (χ0v) is 14.6. The van der Waals surface area contributed by atoms with Crippen LogP contribution in [-0.2, 0) is 10.0 Å². The van der Waals surface area contributed by atoms with Gasteiger partial charge in [0.05, 0.1) is 11.4 Å². The Morgan fingerprint density at radius 1 is 1.17 bits per heavy atom. The van der Waals surface area contributed by atoms with Crippen LogP contribution < -0.4 is 5.32 Å². The van der Waals surface area contributed by atoms with E-state index in [0.717, 1.165) is 0 Å². The molecule has 1 N–H and O–H groups in total. The molecule has 0 saturated carbocycles. The Labute approximate surface area is 140 Å². The van der Waals surface area contributed by atoms with E-state index in [1.807, 2.05) is 0 Å². The molecule has 130 valence electrons. The number of aryl methyl sites for hydroxylation is 1. The SMILES string of the molecule is CCN(CC)S(=O)(=O)c1ccc(C(=O)CNc2nonc2C)cc1. The van der Waals surface area contributed by atoms with Crippen molar-refractivity contribution in [2.75, 3.05) is 25.0 Å². The Hall–Kier alpha value is -2.26. The summed E-state index contributed by atoms with van der Waals surface area (Å²) in [7, 11) is -3.52. The Morgan fingerprint density at radius 3 is 2.29 bits per heavy atom. The minimum Gasteiger partial charge on any atom is -0.358 e. The maximum absolute atomic E-state index is 12.4. The first-order valence-corrected chi connectivity index (χ1v) is 9.00. The lowest BCUT2D eigenvalue weighted by Gasteiger charge is -2.18. The van der Waals surface area contributed by atoms with Gasteiger partial charge < -0.3 is 5.32 Å². The quantitative estimate of drug-likeness (QED) is 0.721. The van der Waals surface area contributed by atoms with Crippen LogP contribution in [-0.4, -0.2) is 48.5 Å². The van der Waals surface area contributed by atoms with Gasteiger partial charge in [0.25, 0.3) is 0 Å². The zero-order valence-electron chi connectivity index (χ0n) is 13.8. The van der Waals surface area contributed by atoms with Gasteiger partial charge in [0, 0.05) is 18.7 Å². The first-order valence-electron chi connectivity index (χ1n) is 7.56. The van der Waals surface area contributed by atoms with Gasteiger partial charge in [0.1, 0.15) is 5.69 Å². The highest BCUT2D eigenvalue weighted by Crippen LogP contribution is 2.16. The Bertz CT molecular complexity index is 795. The topological polar surface area (TPSA) is 105 Å². The van der Waals surface area contributed by atoms with Crippen LogP contribution in [0.15, 0.2) is 33.8 Å². The number of Topliss-reactive ketones (excluding diaryl/α,β-unsaturated/α-hetero) is 1. The smallest absolute Gasteiger partial charge is 0.243 e. The summed E-state index contributed by atoms with van der Waals surface area (Å²) >= 11 is 0. The van der Waals surface area contributed by atoms with Gasteiger partial charge in [-0.05, 0) is 36.3 Å². The molecule has 2 aromatic rings. The number of nitrogens with one attached hydrogen (secondary N) is 1. The highest BCUT2D eigenvalue weighted by atomic mass is 32.2. The number of ketones is 1. The van der Waals surface area contributed by atoms with E-state index >= 15 is 0 Å². The van der Waals surface area contributed by atoms with E-state index in [-0.39, 0.29) is 17.2 Å². The molecule has 0 saturated heterocycles. The number of sulfonamides is 1. The molecule has 0 radical (unpaired) electrons. The average molecular weight is 352 g/mol. The standard InChI is InChI=1S/C15H20N4O4S/c1-4-19(5-2)24(21,22)13-8-6-12(7-9-13)14(20)10-16-15-11(3)17-23-18-15/h6-9H,4-5,10H2,1-3H3,(H,16,18). The monoisotopic (exact) mass is 352 g/mol. The maximum atomic E-state index is 12.4. The van der Waals surface area contributed by atoms with E-state index in [1.54, 1.807) is 20.8 Å². The number of benzene rings is 1. The van der Waals surface area contributed by atoms with Crippen molar-refractivity contribution in [2.24, 2.45) is 0 Å². The summed E-state index contributed by atoms with van der Waals surface area (Å²) in [5.41, 5.74) is 0.971. The van der Waals surface area contributed by atoms with Crippen LogP contribution in [0.2, 0.25) is 0 Å². The third-order valence-corrected chi connectivity index (χ3v) is 5.65. The van der Waals surface area contributed by atoms with Crippen LogP contribution in [0.25, 0.3) is 0 Å². The largest absolute Gasteiger partial charge is 0.358 e. The molecule has 0 fully saturated rings. The molecule has 24 heavy (non-hydrogen) atoms. The Balaban J connectivity index is 2.08. The van der Waals surface area contributed by atoms with Crippen molar-refractivity contribution < 1.29 is 17.8 Å². The van der Waals surface area contributed by atoms with Gasteiger partial charge in [-0.3, -0.25) is 4.79 Å². The number of carbonyl (C=O) groups excluding carboxylic acids is 1. The van der Waals surface area contributed by atoms with Crippen LogP contribution in [0.5, 0.6) is 0 Å². The van der Waals surface area contributed by atoms with Gasteiger partial charge in [-0.2, -0.15) is 4.31 Å². The molecule has 1 heterocycles. The van der Waals surface area contributed by atoms with Crippen LogP contribution in [0.4, 0.5) is 5.82 Å². The van der Waals surface area contributed by atoms with Crippen molar-refractivity contribution in [1.29, 1.82) is 0 Å². The molecule has 0 atom stereocenters. The normalized spacial score (nSPS) is 11.7. The van der Waals surface area contributed by atoms with Crippen LogP contribution in [0.3, 0.4) is 0 Å². The maximum Gasteiger partial charge on any atom is 0.243 e. The van der Waals surface area contributed by atoms with Gasteiger partial charge in [-0.25, -0.2) is 13.0 Å². The number of rotatable bonds is 8. The van der Waals surface area contributed by atoms with Crippen molar-refractivity contribution in [3.8, 4) is 0 Å². The Kier molecular flexibility index (Phi) is 5.68. The first-order chi connectivity index (χ1) is 11.4. The van der Waals surface area contributed by atoms with Crippen molar-refractivity contribution in [3.05, 3.63) is 35.5 Å². The van der Waals surface area contributed by atoms with E-state index < -0.39 is 10.0 Å². The molecular weight excluding hydrogens is 332 g/mol. The second-order valence-electron chi connectivity index (χ2n) is 5.09. The van der Waals surface area contributed by atoms with Crippen molar-refractivity contribution in [1.82, 2.24) is 14.6 Å². The van der Waals surface area contributed by atoms with E-state index in [1.165, 1.54) is 28.6 Å². The lowest BCUT2D eigenvalue weighted by atomic mass is 10.1. The van der Waals surface area contributed by atoms with Gasteiger partial charge >= 0.3 is 0 Å². The molecule has 0 spiro atoms. The molecule has 0 aliphatic carbocycles. The summed E-state index contributed by atoms with van der Waals surface area (Å²) in [5.74, 6) is 0.216. The zero-order chi connectivity index (χ0) is 17.7.